The molecule has 0 amide bonds. The van der Waals surface area contributed by atoms with Gasteiger partial charge in [0.25, 0.3) is 0 Å². The van der Waals surface area contributed by atoms with Gasteiger partial charge in [-0.2, -0.15) is 0 Å². The smallest absolute Gasteiger partial charge is 0.120 e. The zero-order valence-electron chi connectivity index (χ0n) is 8.98. The van der Waals surface area contributed by atoms with Crippen molar-refractivity contribution in [3.8, 4) is 5.75 Å². The molecule has 0 bridgehead atoms. The van der Waals surface area contributed by atoms with Crippen LogP contribution in [-0.4, -0.2) is 12.1 Å². The molecule has 2 aromatic rings. The Morgan fingerprint density at radius 1 is 1.25 bits per heavy atom. The maximum Gasteiger partial charge on any atom is 0.120 e. The van der Waals surface area contributed by atoms with Gasteiger partial charge in [-0.1, -0.05) is 17.7 Å². The molecule has 1 heterocycles. The van der Waals surface area contributed by atoms with E-state index in [1.165, 1.54) is 0 Å². The number of pyridine rings is 1. The summed E-state index contributed by atoms with van der Waals surface area (Å²) in [6.45, 7) is 0. The quantitative estimate of drug-likeness (QED) is 0.811. The van der Waals surface area contributed by atoms with Gasteiger partial charge in [-0.25, -0.2) is 0 Å². The molecule has 82 valence electrons. The van der Waals surface area contributed by atoms with E-state index in [9.17, 15) is 0 Å². The Kier molecular flexibility index (Phi) is 3.42. The highest BCUT2D eigenvalue weighted by atomic mass is 35.5. The number of halogens is 1. The zero-order chi connectivity index (χ0) is 11.4. The van der Waals surface area contributed by atoms with Gasteiger partial charge in [-0.15, -0.1) is 0 Å². The summed E-state index contributed by atoms with van der Waals surface area (Å²) in [6.07, 6.45) is 4.43. The van der Waals surface area contributed by atoms with Crippen LogP contribution in [0.15, 0.2) is 42.7 Å². The van der Waals surface area contributed by atoms with Crippen LogP contribution < -0.4 is 4.74 Å². The van der Waals surface area contributed by atoms with Crippen LogP contribution in [0.5, 0.6) is 5.75 Å². The van der Waals surface area contributed by atoms with Gasteiger partial charge in [-0.3, -0.25) is 4.98 Å². The van der Waals surface area contributed by atoms with Crippen molar-refractivity contribution in [2.24, 2.45) is 0 Å². The molecular weight excluding hydrogens is 222 g/mol. The Morgan fingerprint density at radius 2 is 2.12 bits per heavy atom. The molecule has 0 aliphatic carbocycles. The predicted molar refractivity (Wildman–Crippen MR) is 65.0 cm³/mol. The second kappa shape index (κ2) is 4.99. The van der Waals surface area contributed by atoms with Crippen molar-refractivity contribution in [1.82, 2.24) is 4.98 Å². The maximum atomic E-state index is 6.00. The van der Waals surface area contributed by atoms with Crippen molar-refractivity contribution in [3.63, 3.8) is 0 Å². The van der Waals surface area contributed by atoms with Crippen LogP contribution in [0.25, 0.3) is 0 Å². The van der Waals surface area contributed by atoms with Gasteiger partial charge in [-0.05, 0) is 41.8 Å². The van der Waals surface area contributed by atoms with E-state index >= 15 is 0 Å². The van der Waals surface area contributed by atoms with Crippen LogP contribution in [0.3, 0.4) is 0 Å². The van der Waals surface area contributed by atoms with Crippen LogP contribution in [0.2, 0.25) is 5.02 Å². The van der Waals surface area contributed by atoms with E-state index in [0.29, 0.717) is 5.02 Å². The first kappa shape index (κ1) is 11.0. The van der Waals surface area contributed by atoms with Gasteiger partial charge >= 0.3 is 0 Å². The summed E-state index contributed by atoms with van der Waals surface area (Å²) in [5, 5.41) is 0.693. The van der Waals surface area contributed by atoms with E-state index in [2.05, 4.69) is 4.98 Å². The molecule has 0 atom stereocenters. The van der Waals surface area contributed by atoms with Crippen molar-refractivity contribution >= 4 is 11.6 Å². The second-order valence-corrected chi connectivity index (χ2v) is 3.97. The number of benzene rings is 1. The molecule has 0 radical (unpaired) electrons. The van der Waals surface area contributed by atoms with Gasteiger partial charge in [0.15, 0.2) is 0 Å². The molecule has 0 fully saturated rings. The molecular formula is C13H12ClNO. The number of aromatic nitrogens is 1. The fraction of sp³-hybridized carbons (Fsp3) is 0.154. The molecule has 0 saturated carbocycles. The third-order valence-electron chi connectivity index (χ3n) is 2.30. The molecule has 1 aromatic heterocycles. The van der Waals surface area contributed by atoms with Crippen LogP contribution >= 0.6 is 11.6 Å². The van der Waals surface area contributed by atoms with Crippen LogP contribution in [0, 0.1) is 0 Å². The van der Waals surface area contributed by atoms with Gasteiger partial charge in [0, 0.05) is 17.4 Å². The molecule has 0 spiro atoms. The van der Waals surface area contributed by atoms with Gasteiger partial charge in [0.05, 0.1) is 7.11 Å². The molecule has 2 rings (SSSR count). The molecule has 0 unspecified atom stereocenters. The van der Waals surface area contributed by atoms with Crippen molar-refractivity contribution in [2.75, 3.05) is 7.11 Å². The lowest BCUT2D eigenvalue weighted by atomic mass is 10.1. The number of methoxy groups -OCH3 is 1. The van der Waals surface area contributed by atoms with Crippen LogP contribution in [-0.2, 0) is 6.42 Å². The predicted octanol–water partition coefficient (Wildman–Crippen LogP) is 3.33. The summed E-state index contributed by atoms with van der Waals surface area (Å²) in [6, 6.07) is 9.70. The monoisotopic (exact) mass is 233 g/mol. The molecule has 3 heteroatoms. The van der Waals surface area contributed by atoms with E-state index in [1.54, 1.807) is 19.4 Å². The Balaban J connectivity index is 2.24. The minimum atomic E-state index is 0.693. The van der Waals surface area contributed by atoms with E-state index in [-0.39, 0.29) is 0 Å². The maximum absolute atomic E-state index is 6.00. The lowest BCUT2D eigenvalue weighted by Gasteiger charge is -2.05. The summed E-state index contributed by atoms with van der Waals surface area (Å²) < 4.78 is 5.17. The highest BCUT2D eigenvalue weighted by Crippen LogP contribution is 2.22. The summed E-state index contributed by atoms with van der Waals surface area (Å²) in [5.74, 6) is 0.784. The number of hydrogen-bond acceptors (Lipinski definition) is 2. The Hall–Kier alpha value is -1.54. The molecule has 0 saturated heterocycles. The number of rotatable bonds is 3. The lowest BCUT2D eigenvalue weighted by molar-refractivity contribution is 0.414. The van der Waals surface area contributed by atoms with E-state index in [1.807, 2.05) is 30.5 Å². The van der Waals surface area contributed by atoms with E-state index < -0.39 is 0 Å². The normalized spacial score (nSPS) is 10.1. The van der Waals surface area contributed by atoms with Crippen molar-refractivity contribution < 1.29 is 4.74 Å². The summed E-state index contributed by atoms with van der Waals surface area (Å²) in [5.41, 5.74) is 2.28. The van der Waals surface area contributed by atoms with Crippen molar-refractivity contribution in [2.45, 2.75) is 6.42 Å². The highest BCUT2D eigenvalue weighted by molar-refractivity contribution is 6.30. The summed E-state index contributed by atoms with van der Waals surface area (Å²) in [7, 11) is 1.64. The SMILES string of the molecule is COc1cc(Cl)cc(Cc2cccnc2)c1. The molecule has 2 nitrogen and oxygen atoms in total. The van der Waals surface area contributed by atoms with E-state index in [4.69, 9.17) is 16.3 Å². The second-order valence-electron chi connectivity index (χ2n) is 3.54. The third kappa shape index (κ3) is 2.74. The van der Waals surface area contributed by atoms with Crippen molar-refractivity contribution in [1.29, 1.82) is 0 Å². The Morgan fingerprint density at radius 3 is 2.81 bits per heavy atom. The Bertz CT molecular complexity index is 471. The first-order valence-corrected chi connectivity index (χ1v) is 5.38. The summed E-state index contributed by atoms with van der Waals surface area (Å²) >= 11 is 6.00. The van der Waals surface area contributed by atoms with E-state index in [0.717, 1.165) is 23.3 Å². The zero-order valence-corrected chi connectivity index (χ0v) is 9.74. The average molecular weight is 234 g/mol. The minimum Gasteiger partial charge on any atom is -0.497 e. The van der Waals surface area contributed by atoms with Gasteiger partial charge in [0.2, 0.25) is 0 Å². The number of hydrogen-bond donors (Lipinski definition) is 0. The Labute approximate surface area is 99.9 Å². The van der Waals surface area contributed by atoms with Crippen LogP contribution in [0.4, 0.5) is 0 Å². The molecule has 16 heavy (non-hydrogen) atoms. The van der Waals surface area contributed by atoms with Gasteiger partial charge < -0.3 is 4.74 Å². The molecule has 0 aliphatic heterocycles. The number of ether oxygens (including phenoxy) is 1. The average Bonchev–Trinajstić information content (AvgIpc) is 2.29. The third-order valence-corrected chi connectivity index (χ3v) is 2.52. The molecule has 0 aliphatic rings. The fourth-order valence-corrected chi connectivity index (χ4v) is 1.83. The van der Waals surface area contributed by atoms with Gasteiger partial charge in [0.1, 0.15) is 5.75 Å². The number of nitrogens with zero attached hydrogens (tertiary/aromatic N) is 1. The first-order chi connectivity index (χ1) is 7.78. The largest absolute Gasteiger partial charge is 0.497 e. The minimum absolute atomic E-state index is 0.693. The first-order valence-electron chi connectivity index (χ1n) is 5.00. The van der Waals surface area contributed by atoms with Crippen molar-refractivity contribution in [3.05, 3.63) is 58.9 Å². The molecule has 0 N–H and O–H groups in total. The standard InChI is InChI=1S/C13H12ClNO/c1-16-13-7-11(6-12(14)8-13)5-10-3-2-4-15-9-10/h2-4,6-9H,5H2,1H3. The topological polar surface area (TPSA) is 22.1 Å². The molecule has 1 aromatic carbocycles. The lowest BCUT2D eigenvalue weighted by Crippen LogP contribution is -1.91. The highest BCUT2D eigenvalue weighted by Gasteiger charge is 2.01. The van der Waals surface area contributed by atoms with Crippen LogP contribution in [0.1, 0.15) is 11.1 Å². The fourth-order valence-electron chi connectivity index (χ4n) is 1.58. The summed E-state index contributed by atoms with van der Waals surface area (Å²) in [4.78, 5) is 4.08.